The van der Waals surface area contributed by atoms with E-state index in [1.165, 1.54) is 23.3 Å². The highest BCUT2D eigenvalue weighted by atomic mass is 32.1. The third-order valence-corrected chi connectivity index (χ3v) is 5.33. The van der Waals surface area contributed by atoms with E-state index in [-0.39, 0.29) is 0 Å². The molecule has 1 aromatic carbocycles. The maximum atomic E-state index is 5.48. The largest absolute Gasteiger partial charge is 0.338 e. The molecule has 1 aliphatic heterocycles. The highest BCUT2D eigenvalue weighted by Gasteiger charge is 2.28. The summed E-state index contributed by atoms with van der Waals surface area (Å²) in [6.45, 7) is 3.88. The van der Waals surface area contributed by atoms with Gasteiger partial charge in [-0.05, 0) is 37.8 Å². The van der Waals surface area contributed by atoms with Crippen molar-refractivity contribution in [3.8, 4) is 11.4 Å². The minimum atomic E-state index is 0.490. The maximum Gasteiger partial charge on any atom is 0.241 e. The van der Waals surface area contributed by atoms with Crippen molar-refractivity contribution in [3.05, 3.63) is 58.1 Å². The lowest BCUT2D eigenvalue weighted by Crippen LogP contribution is -2.22. The van der Waals surface area contributed by atoms with Gasteiger partial charge in [0.2, 0.25) is 11.7 Å². The van der Waals surface area contributed by atoms with E-state index in [4.69, 9.17) is 4.52 Å². The fourth-order valence-electron chi connectivity index (χ4n) is 3.13. The summed E-state index contributed by atoms with van der Waals surface area (Å²) >= 11 is 1.83. The summed E-state index contributed by atoms with van der Waals surface area (Å²) in [6, 6.07) is 13.0. The molecule has 0 aliphatic carbocycles. The van der Waals surface area contributed by atoms with E-state index >= 15 is 0 Å². The zero-order valence-corrected chi connectivity index (χ0v) is 13.9. The first-order valence-electron chi connectivity index (χ1n) is 7.97. The van der Waals surface area contributed by atoms with Crippen molar-refractivity contribution in [1.29, 1.82) is 0 Å². The summed E-state index contributed by atoms with van der Waals surface area (Å²) in [5, 5.41) is 6.28. The highest BCUT2D eigenvalue weighted by molar-refractivity contribution is 7.10. The summed E-state index contributed by atoms with van der Waals surface area (Å²) in [7, 11) is 0. The topological polar surface area (TPSA) is 42.2 Å². The lowest BCUT2D eigenvalue weighted by Gasteiger charge is -2.21. The molecule has 118 valence electrons. The van der Waals surface area contributed by atoms with Crippen molar-refractivity contribution in [2.45, 2.75) is 32.4 Å². The number of hydrogen-bond acceptors (Lipinski definition) is 5. The van der Waals surface area contributed by atoms with Gasteiger partial charge in [0.1, 0.15) is 0 Å². The molecular formula is C18H19N3OS. The molecule has 1 fully saturated rings. The molecule has 1 unspecified atom stereocenters. The van der Waals surface area contributed by atoms with E-state index in [0.717, 1.165) is 18.7 Å². The van der Waals surface area contributed by atoms with Crippen LogP contribution < -0.4 is 0 Å². The third kappa shape index (κ3) is 3.07. The zero-order valence-electron chi connectivity index (χ0n) is 13.1. The molecule has 0 bridgehead atoms. The molecule has 2 aromatic heterocycles. The monoisotopic (exact) mass is 325 g/mol. The number of aromatic nitrogens is 2. The lowest BCUT2D eigenvalue weighted by atomic mass is 10.1. The van der Waals surface area contributed by atoms with Gasteiger partial charge in [-0.1, -0.05) is 41.1 Å². The molecule has 23 heavy (non-hydrogen) atoms. The van der Waals surface area contributed by atoms with E-state index in [9.17, 15) is 0 Å². The number of nitrogens with zero attached hydrogens (tertiary/aromatic N) is 3. The Bertz CT molecular complexity index is 764. The Morgan fingerprint density at radius 3 is 2.91 bits per heavy atom. The van der Waals surface area contributed by atoms with E-state index in [1.807, 2.05) is 23.5 Å². The van der Waals surface area contributed by atoms with E-state index in [2.05, 4.69) is 51.6 Å². The number of thiophene rings is 1. The number of benzene rings is 1. The standard InChI is InChI=1S/C18H19N3OS/c1-13-6-8-14(9-7-13)18-19-17(22-20-18)12-21-10-2-4-15(21)16-5-3-11-23-16/h3,5-9,11,15H,2,4,10,12H2,1H3. The normalized spacial score (nSPS) is 18.6. The van der Waals surface area contributed by atoms with Crippen LogP contribution in [0.3, 0.4) is 0 Å². The lowest BCUT2D eigenvalue weighted by molar-refractivity contribution is 0.214. The molecule has 4 rings (SSSR count). The second-order valence-electron chi connectivity index (χ2n) is 6.02. The minimum Gasteiger partial charge on any atom is -0.338 e. The molecule has 0 radical (unpaired) electrons. The molecule has 0 saturated carbocycles. The molecule has 1 saturated heterocycles. The molecule has 0 spiro atoms. The first-order valence-corrected chi connectivity index (χ1v) is 8.84. The average molecular weight is 325 g/mol. The quantitative estimate of drug-likeness (QED) is 0.711. The van der Waals surface area contributed by atoms with Crippen LogP contribution in [-0.4, -0.2) is 21.6 Å². The van der Waals surface area contributed by atoms with Crippen LogP contribution in [0.25, 0.3) is 11.4 Å². The summed E-state index contributed by atoms with van der Waals surface area (Å²) in [5.41, 5.74) is 2.23. The van der Waals surface area contributed by atoms with E-state index in [0.29, 0.717) is 17.8 Å². The van der Waals surface area contributed by atoms with Gasteiger partial charge in [-0.3, -0.25) is 4.90 Å². The third-order valence-electron chi connectivity index (χ3n) is 4.35. The molecule has 3 aromatic rings. The summed E-state index contributed by atoms with van der Waals surface area (Å²) in [4.78, 5) is 8.45. The van der Waals surface area contributed by atoms with Gasteiger partial charge in [0.25, 0.3) is 0 Å². The van der Waals surface area contributed by atoms with E-state index < -0.39 is 0 Å². The fraction of sp³-hybridized carbons (Fsp3) is 0.333. The Kier molecular flexibility index (Phi) is 3.97. The Balaban J connectivity index is 1.50. The van der Waals surface area contributed by atoms with Gasteiger partial charge in [0, 0.05) is 16.5 Å². The van der Waals surface area contributed by atoms with Crippen LogP contribution >= 0.6 is 11.3 Å². The number of aryl methyl sites for hydroxylation is 1. The van der Waals surface area contributed by atoms with Crippen LogP contribution in [-0.2, 0) is 6.54 Å². The Morgan fingerprint density at radius 2 is 2.13 bits per heavy atom. The molecule has 0 amide bonds. The van der Waals surface area contributed by atoms with Crippen molar-refractivity contribution >= 4 is 11.3 Å². The summed E-state index contributed by atoms with van der Waals surface area (Å²) < 4.78 is 5.48. The SMILES string of the molecule is Cc1ccc(-c2noc(CN3CCCC3c3cccs3)n2)cc1. The van der Waals surface area contributed by atoms with Crippen LogP contribution in [0.5, 0.6) is 0 Å². The molecule has 5 heteroatoms. The van der Waals surface area contributed by atoms with Crippen LogP contribution in [0.4, 0.5) is 0 Å². The highest BCUT2D eigenvalue weighted by Crippen LogP contribution is 2.35. The van der Waals surface area contributed by atoms with Gasteiger partial charge in [-0.25, -0.2) is 0 Å². The van der Waals surface area contributed by atoms with Crippen molar-refractivity contribution in [2.24, 2.45) is 0 Å². The Hall–Kier alpha value is -1.98. The molecule has 3 heterocycles. The molecule has 1 aliphatic rings. The molecule has 4 nitrogen and oxygen atoms in total. The van der Waals surface area contributed by atoms with Crippen molar-refractivity contribution in [1.82, 2.24) is 15.0 Å². The Labute approximate surface area is 139 Å². The summed E-state index contributed by atoms with van der Waals surface area (Å²) in [5.74, 6) is 1.37. The zero-order chi connectivity index (χ0) is 15.6. The van der Waals surface area contributed by atoms with Crippen LogP contribution in [0.15, 0.2) is 46.3 Å². The maximum absolute atomic E-state index is 5.48. The fourth-order valence-corrected chi connectivity index (χ4v) is 4.03. The van der Waals surface area contributed by atoms with Gasteiger partial charge >= 0.3 is 0 Å². The van der Waals surface area contributed by atoms with Crippen LogP contribution in [0, 0.1) is 6.92 Å². The van der Waals surface area contributed by atoms with Crippen molar-refractivity contribution in [3.63, 3.8) is 0 Å². The van der Waals surface area contributed by atoms with Crippen molar-refractivity contribution in [2.75, 3.05) is 6.54 Å². The van der Waals surface area contributed by atoms with Crippen LogP contribution in [0.1, 0.15) is 35.2 Å². The number of rotatable bonds is 4. The van der Waals surface area contributed by atoms with E-state index in [1.54, 1.807) is 0 Å². The smallest absolute Gasteiger partial charge is 0.241 e. The van der Waals surface area contributed by atoms with Gasteiger partial charge in [-0.2, -0.15) is 4.98 Å². The minimum absolute atomic E-state index is 0.490. The first kappa shape index (κ1) is 14.6. The number of hydrogen-bond donors (Lipinski definition) is 0. The second-order valence-corrected chi connectivity index (χ2v) is 7.00. The van der Waals surface area contributed by atoms with Crippen molar-refractivity contribution < 1.29 is 4.52 Å². The molecule has 0 N–H and O–H groups in total. The predicted molar refractivity (Wildman–Crippen MR) is 91.2 cm³/mol. The predicted octanol–water partition coefficient (Wildman–Crippen LogP) is 4.44. The number of likely N-dealkylation sites (tertiary alicyclic amines) is 1. The Morgan fingerprint density at radius 1 is 1.26 bits per heavy atom. The summed E-state index contributed by atoms with van der Waals surface area (Å²) in [6.07, 6.45) is 2.43. The van der Waals surface area contributed by atoms with Gasteiger partial charge in [0.15, 0.2) is 0 Å². The first-order chi connectivity index (χ1) is 11.3. The van der Waals surface area contributed by atoms with Crippen LogP contribution in [0.2, 0.25) is 0 Å². The molecule has 1 atom stereocenters. The molecular weight excluding hydrogens is 306 g/mol. The average Bonchev–Trinajstić information content (AvgIpc) is 3.29. The van der Waals surface area contributed by atoms with Gasteiger partial charge < -0.3 is 4.52 Å². The van der Waals surface area contributed by atoms with Gasteiger partial charge in [0.05, 0.1) is 6.54 Å². The second kappa shape index (κ2) is 6.26. The van der Waals surface area contributed by atoms with Gasteiger partial charge in [-0.15, -0.1) is 11.3 Å².